The monoisotopic (exact) mass is 216 g/mol. The third-order valence-electron chi connectivity index (χ3n) is 3.03. The van der Waals surface area contributed by atoms with E-state index in [1.807, 2.05) is 0 Å². The fourth-order valence-corrected chi connectivity index (χ4v) is 1.97. The summed E-state index contributed by atoms with van der Waals surface area (Å²) in [5, 5.41) is 1.36. The lowest BCUT2D eigenvalue weighted by molar-refractivity contribution is 0.387. The first-order valence-electron chi connectivity index (χ1n) is 5.93. The zero-order valence-corrected chi connectivity index (χ0v) is 10.4. The van der Waals surface area contributed by atoms with Crippen molar-refractivity contribution < 1.29 is 0 Å². The fourth-order valence-electron chi connectivity index (χ4n) is 1.97. The first kappa shape index (κ1) is 11.2. The average molecular weight is 216 g/mol. The van der Waals surface area contributed by atoms with E-state index < -0.39 is 0 Å². The quantitative estimate of drug-likeness (QED) is 0.763. The molecule has 16 heavy (non-hydrogen) atoms. The first-order chi connectivity index (χ1) is 7.70. The van der Waals surface area contributed by atoms with E-state index in [0.29, 0.717) is 0 Å². The molecule has 0 saturated heterocycles. The van der Waals surface area contributed by atoms with Gasteiger partial charge in [0.25, 0.3) is 0 Å². The maximum atomic E-state index is 2.33. The van der Waals surface area contributed by atoms with Gasteiger partial charge < -0.3 is 9.47 Å². The molecule has 2 heteroatoms. The molecule has 0 saturated carbocycles. The highest BCUT2D eigenvalue weighted by Crippen LogP contribution is 2.18. The molecule has 2 nitrogen and oxygen atoms in total. The van der Waals surface area contributed by atoms with E-state index in [4.69, 9.17) is 0 Å². The Labute approximate surface area is 97.5 Å². The van der Waals surface area contributed by atoms with Crippen LogP contribution in [0.15, 0.2) is 30.5 Å². The van der Waals surface area contributed by atoms with Crippen LogP contribution in [0.4, 0.5) is 0 Å². The van der Waals surface area contributed by atoms with Gasteiger partial charge in [-0.1, -0.05) is 13.0 Å². The van der Waals surface area contributed by atoms with Crippen LogP contribution in [0.5, 0.6) is 0 Å². The molecule has 1 aromatic heterocycles. The molecule has 0 bridgehead atoms. The lowest BCUT2D eigenvalue weighted by atomic mass is 10.1. The fraction of sp³-hybridized carbons (Fsp3) is 0.429. The zero-order chi connectivity index (χ0) is 11.5. The van der Waals surface area contributed by atoms with E-state index in [-0.39, 0.29) is 0 Å². The Balaban J connectivity index is 2.27. The highest BCUT2D eigenvalue weighted by atomic mass is 15.1. The van der Waals surface area contributed by atoms with E-state index in [1.165, 1.54) is 16.5 Å². The Morgan fingerprint density at radius 3 is 2.69 bits per heavy atom. The summed E-state index contributed by atoms with van der Waals surface area (Å²) in [6, 6.07) is 8.98. The van der Waals surface area contributed by atoms with Gasteiger partial charge in [-0.2, -0.15) is 0 Å². The molecule has 0 aliphatic heterocycles. The highest BCUT2D eigenvalue weighted by molar-refractivity contribution is 5.80. The number of hydrogen-bond acceptors (Lipinski definition) is 1. The SMILES string of the molecule is CCc1ccc2c(ccn2CCN(C)C)c1. The van der Waals surface area contributed by atoms with Gasteiger partial charge >= 0.3 is 0 Å². The standard InChI is InChI=1S/C14H20N2/c1-4-12-5-6-14-13(11-12)7-8-16(14)10-9-15(2)3/h5-8,11H,4,9-10H2,1-3H3. The minimum atomic E-state index is 1.06. The number of likely N-dealkylation sites (N-methyl/N-ethyl adjacent to an activating group) is 1. The van der Waals surface area contributed by atoms with Gasteiger partial charge in [-0.25, -0.2) is 0 Å². The van der Waals surface area contributed by atoms with Gasteiger partial charge in [0.2, 0.25) is 0 Å². The van der Waals surface area contributed by atoms with Crippen LogP contribution in [-0.4, -0.2) is 30.1 Å². The second kappa shape index (κ2) is 4.71. The molecule has 2 rings (SSSR count). The van der Waals surface area contributed by atoms with Crippen LogP contribution in [0, 0.1) is 0 Å². The number of aromatic nitrogens is 1. The molecule has 0 amide bonds. The van der Waals surface area contributed by atoms with Gasteiger partial charge in [0.05, 0.1) is 0 Å². The molecule has 86 valence electrons. The lowest BCUT2D eigenvalue weighted by Crippen LogP contribution is -2.17. The summed E-state index contributed by atoms with van der Waals surface area (Å²) < 4.78 is 2.33. The molecule has 0 aliphatic carbocycles. The Morgan fingerprint density at radius 1 is 1.19 bits per heavy atom. The van der Waals surface area contributed by atoms with E-state index in [0.717, 1.165) is 19.5 Å². The molecule has 1 heterocycles. The molecule has 0 spiro atoms. The minimum Gasteiger partial charge on any atom is -0.346 e. The van der Waals surface area contributed by atoms with Crippen molar-refractivity contribution in [1.82, 2.24) is 9.47 Å². The summed E-state index contributed by atoms with van der Waals surface area (Å²) >= 11 is 0. The molecular formula is C14H20N2. The Morgan fingerprint density at radius 2 is 2.00 bits per heavy atom. The molecule has 2 aromatic rings. The summed E-state index contributed by atoms with van der Waals surface area (Å²) in [4.78, 5) is 2.21. The van der Waals surface area contributed by atoms with Crippen LogP contribution in [-0.2, 0) is 13.0 Å². The van der Waals surface area contributed by atoms with Gasteiger partial charge in [0.1, 0.15) is 0 Å². The van der Waals surface area contributed by atoms with Crippen LogP contribution in [0.25, 0.3) is 10.9 Å². The van der Waals surface area contributed by atoms with E-state index in [9.17, 15) is 0 Å². The van der Waals surface area contributed by atoms with Gasteiger partial charge in [0.15, 0.2) is 0 Å². The van der Waals surface area contributed by atoms with Crippen molar-refractivity contribution >= 4 is 10.9 Å². The number of fused-ring (bicyclic) bond motifs is 1. The maximum absolute atomic E-state index is 2.33. The first-order valence-corrected chi connectivity index (χ1v) is 5.93. The third kappa shape index (κ3) is 2.27. The molecule has 0 atom stereocenters. The summed E-state index contributed by atoms with van der Waals surface area (Å²) in [6.45, 7) is 4.34. The van der Waals surface area contributed by atoms with Crippen LogP contribution in [0.2, 0.25) is 0 Å². The molecule has 1 aromatic carbocycles. The highest BCUT2D eigenvalue weighted by Gasteiger charge is 2.01. The Kier molecular flexibility index (Phi) is 3.30. The molecule has 0 fully saturated rings. The normalized spacial score (nSPS) is 11.5. The van der Waals surface area contributed by atoms with Gasteiger partial charge in [-0.15, -0.1) is 0 Å². The molecule has 0 unspecified atom stereocenters. The smallest absolute Gasteiger partial charge is 0.0480 e. The van der Waals surface area contributed by atoms with Crippen molar-refractivity contribution in [1.29, 1.82) is 0 Å². The molecule has 0 aliphatic rings. The van der Waals surface area contributed by atoms with E-state index >= 15 is 0 Å². The average Bonchev–Trinajstić information content (AvgIpc) is 2.68. The third-order valence-corrected chi connectivity index (χ3v) is 3.03. The number of nitrogens with zero attached hydrogens (tertiary/aromatic N) is 2. The number of benzene rings is 1. The molecular weight excluding hydrogens is 196 g/mol. The predicted molar refractivity (Wildman–Crippen MR) is 69.9 cm³/mol. The lowest BCUT2D eigenvalue weighted by Gasteiger charge is -2.11. The van der Waals surface area contributed by atoms with Crippen molar-refractivity contribution in [3.8, 4) is 0 Å². The molecule has 0 radical (unpaired) electrons. The summed E-state index contributed by atoms with van der Waals surface area (Å²) in [6.07, 6.45) is 3.30. The maximum Gasteiger partial charge on any atom is 0.0480 e. The minimum absolute atomic E-state index is 1.06. The van der Waals surface area contributed by atoms with E-state index in [2.05, 4.69) is 60.9 Å². The Hall–Kier alpha value is -1.28. The second-order valence-corrected chi connectivity index (χ2v) is 4.56. The largest absolute Gasteiger partial charge is 0.346 e. The van der Waals surface area contributed by atoms with Gasteiger partial charge in [-0.3, -0.25) is 0 Å². The van der Waals surface area contributed by atoms with Crippen molar-refractivity contribution in [2.75, 3.05) is 20.6 Å². The number of aryl methyl sites for hydroxylation is 1. The van der Waals surface area contributed by atoms with Crippen molar-refractivity contribution in [3.05, 3.63) is 36.0 Å². The second-order valence-electron chi connectivity index (χ2n) is 4.56. The topological polar surface area (TPSA) is 8.17 Å². The van der Waals surface area contributed by atoms with Crippen LogP contribution in [0.1, 0.15) is 12.5 Å². The number of rotatable bonds is 4. The van der Waals surface area contributed by atoms with Gasteiger partial charge in [0, 0.05) is 24.8 Å². The summed E-state index contributed by atoms with van der Waals surface area (Å²) in [5.74, 6) is 0. The van der Waals surface area contributed by atoms with Crippen LogP contribution in [0.3, 0.4) is 0 Å². The molecule has 0 N–H and O–H groups in total. The summed E-state index contributed by atoms with van der Waals surface area (Å²) in [7, 11) is 4.22. The van der Waals surface area contributed by atoms with Crippen LogP contribution < -0.4 is 0 Å². The Bertz CT molecular complexity index is 469. The van der Waals surface area contributed by atoms with E-state index in [1.54, 1.807) is 0 Å². The van der Waals surface area contributed by atoms with Gasteiger partial charge in [-0.05, 0) is 49.7 Å². The van der Waals surface area contributed by atoms with Crippen LogP contribution >= 0.6 is 0 Å². The predicted octanol–water partition coefficient (Wildman–Crippen LogP) is 2.77. The van der Waals surface area contributed by atoms with Crippen molar-refractivity contribution in [2.45, 2.75) is 19.9 Å². The van der Waals surface area contributed by atoms with Crippen molar-refractivity contribution in [3.63, 3.8) is 0 Å². The van der Waals surface area contributed by atoms with Crippen molar-refractivity contribution in [2.24, 2.45) is 0 Å². The summed E-state index contributed by atoms with van der Waals surface area (Å²) in [5.41, 5.74) is 2.76. The number of hydrogen-bond donors (Lipinski definition) is 0. The zero-order valence-electron chi connectivity index (χ0n) is 10.4.